The fourth-order valence-electron chi connectivity index (χ4n) is 1.64. The van der Waals surface area contributed by atoms with Crippen molar-refractivity contribution in [3.05, 3.63) is 62.1 Å². The molecule has 0 unspecified atom stereocenters. The molecule has 0 N–H and O–H groups in total. The van der Waals surface area contributed by atoms with E-state index in [9.17, 15) is 18.9 Å². The molecule has 0 saturated heterocycles. The van der Waals surface area contributed by atoms with Crippen LogP contribution in [0.15, 0.2) is 34.8 Å². The topological polar surface area (TPSA) is 52.4 Å². The molecule has 0 aliphatic heterocycles. The summed E-state index contributed by atoms with van der Waals surface area (Å²) in [4.78, 5) is 10.3. The molecule has 0 radical (unpaired) electrons. The van der Waals surface area contributed by atoms with Gasteiger partial charge >= 0.3 is 0 Å². The van der Waals surface area contributed by atoms with Crippen LogP contribution < -0.4 is 4.74 Å². The molecule has 0 atom stereocenters. The first-order valence-corrected chi connectivity index (χ1v) is 7.49. The van der Waals surface area contributed by atoms with Crippen molar-refractivity contribution >= 4 is 37.5 Å². The molecule has 0 spiro atoms. The first-order chi connectivity index (χ1) is 9.92. The maximum atomic E-state index is 13.6. The van der Waals surface area contributed by atoms with E-state index in [0.29, 0.717) is 10.0 Å². The lowest BCUT2D eigenvalue weighted by molar-refractivity contribution is -0.385. The lowest BCUT2D eigenvalue weighted by Gasteiger charge is -2.09. The Morgan fingerprint density at radius 2 is 1.95 bits per heavy atom. The largest absolute Gasteiger partial charge is 0.454 e. The molecule has 0 fully saturated rings. The normalized spacial score (nSPS) is 10.5. The van der Waals surface area contributed by atoms with Crippen molar-refractivity contribution in [1.82, 2.24) is 0 Å². The molecule has 2 rings (SSSR count). The quantitative estimate of drug-likeness (QED) is 0.290. The Bertz CT molecular complexity index is 710. The molecule has 8 heteroatoms. The van der Waals surface area contributed by atoms with Gasteiger partial charge < -0.3 is 4.74 Å². The van der Waals surface area contributed by atoms with Crippen molar-refractivity contribution in [3.63, 3.8) is 0 Å². The van der Waals surface area contributed by atoms with Crippen molar-refractivity contribution < 1.29 is 18.4 Å². The predicted octanol–water partition coefficient (Wildman–Crippen LogP) is 5.32. The molecule has 2 aromatic rings. The van der Waals surface area contributed by atoms with Crippen LogP contribution in [0.4, 0.5) is 14.5 Å². The third-order valence-corrected chi connectivity index (χ3v) is 3.64. The van der Waals surface area contributed by atoms with E-state index in [4.69, 9.17) is 4.74 Å². The second-order valence-electron chi connectivity index (χ2n) is 3.98. The van der Waals surface area contributed by atoms with Gasteiger partial charge in [-0.2, -0.15) is 4.39 Å². The summed E-state index contributed by atoms with van der Waals surface area (Å²) in [7, 11) is 0. The minimum absolute atomic E-state index is 0.0832. The third-order valence-electron chi connectivity index (χ3n) is 2.58. The van der Waals surface area contributed by atoms with Crippen LogP contribution in [0.25, 0.3) is 0 Å². The highest BCUT2D eigenvalue weighted by molar-refractivity contribution is 9.10. The summed E-state index contributed by atoms with van der Waals surface area (Å²) in [5.74, 6) is -2.32. The highest BCUT2D eigenvalue weighted by Gasteiger charge is 2.16. The van der Waals surface area contributed by atoms with E-state index in [2.05, 4.69) is 31.9 Å². The van der Waals surface area contributed by atoms with Crippen molar-refractivity contribution in [2.75, 3.05) is 0 Å². The molecule has 0 amide bonds. The second kappa shape index (κ2) is 6.48. The van der Waals surface area contributed by atoms with Gasteiger partial charge in [-0.15, -0.1) is 0 Å². The summed E-state index contributed by atoms with van der Waals surface area (Å²) in [6, 6.07) is 6.21. The zero-order chi connectivity index (χ0) is 15.6. The molecule has 110 valence electrons. The van der Waals surface area contributed by atoms with E-state index >= 15 is 0 Å². The van der Waals surface area contributed by atoms with Gasteiger partial charge in [0, 0.05) is 21.4 Å². The third kappa shape index (κ3) is 3.56. The van der Waals surface area contributed by atoms with Crippen LogP contribution >= 0.6 is 31.9 Å². The first-order valence-electron chi connectivity index (χ1n) is 5.58. The van der Waals surface area contributed by atoms with E-state index in [1.54, 1.807) is 0 Å². The van der Waals surface area contributed by atoms with Crippen LogP contribution in [0.1, 0.15) is 5.56 Å². The van der Waals surface area contributed by atoms with Crippen LogP contribution in [-0.2, 0) is 5.33 Å². The molecule has 4 nitrogen and oxygen atoms in total. The van der Waals surface area contributed by atoms with Gasteiger partial charge in [0.05, 0.1) is 4.92 Å². The summed E-state index contributed by atoms with van der Waals surface area (Å²) >= 11 is 6.17. The Labute approximate surface area is 135 Å². The predicted molar refractivity (Wildman–Crippen MR) is 79.9 cm³/mol. The number of ether oxygens (including phenoxy) is 1. The van der Waals surface area contributed by atoms with Crippen molar-refractivity contribution in [1.29, 1.82) is 0 Å². The highest BCUT2D eigenvalue weighted by atomic mass is 79.9. The van der Waals surface area contributed by atoms with Gasteiger partial charge in [-0.05, 0) is 24.3 Å². The number of nitro benzene ring substituents is 1. The minimum Gasteiger partial charge on any atom is -0.454 e. The smallest absolute Gasteiger partial charge is 0.273 e. The van der Waals surface area contributed by atoms with Crippen molar-refractivity contribution in [2.24, 2.45) is 0 Å². The maximum Gasteiger partial charge on any atom is 0.273 e. The molecular weight excluding hydrogens is 416 g/mol. The fourth-order valence-corrected chi connectivity index (χ4v) is 2.50. The standard InChI is InChI=1S/C13H7Br2F2NO3/c14-6-7-3-9(1-2-11(7)18(19)20)21-12-5-8(15)4-10(16)13(12)17/h1-5H,6H2. The molecule has 0 aliphatic carbocycles. The fraction of sp³-hybridized carbons (Fsp3) is 0.0769. The number of benzene rings is 2. The zero-order valence-electron chi connectivity index (χ0n) is 10.3. The van der Waals surface area contributed by atoms with Gasteiger partial charge in [0.15, 0.2) is 11.6 Å². The van der Waals surface area contributed by atoms with Gasteiger partial charge in [-0.3, -0.25) is 10.1 Å². The molecular formula is C13H7Br2F2NO3. The van der Waals surface area contributed by atoms with Crippen LogP contribution in [0.3, 0.4) is 0 Å². The molecule has 0 saturated carbocycles. The monoisotopic (exact) mass is 421 g/mol. The van der Waals surface area contributed by atoms with Gasteiger partial charge in [0.1, 0.15) is 5.75 Å². The van der Waals surface area contributed by atoms with Crippen LogP contribution in [0.2, 0.25) is 0 Å². The molecule has 0 aromatic heterocycles. The van der Waals surface area contributed by atoms with Gasteiger partial charge in [-0.1, -0.05) is 31.9 Å². The maximum absolute atomic E-state index is 13.6. The van der Waals surface area contributed by atoms with Crippen molar-refractivity contribution in [2.45, 2.75) is 5.33 Å². The number of hydrogen-bond donors (Lipinski definition) is 0. The summed E-state index contributed by atoms with van der Waals surface area (Å²) in [5.41, 5.74) is 0.286. The van der Waals surface area contributed by atoms with E-state index in [-0.39, 0.29) is 22.5 Å². The van der Waals surface area contributed by atoms with Gasteiger partial charge in [0.25, 0.3) is 5.69 Å². The summed E-state index contributed by atoms with van der Waals surface area (Å²) in [6.07, 6.45) is 0. The van der Waals surface area contributed by atoms with Gasteiger partial charge in [0.2, 0.25) is 5.82 Å². The van der Waals surface area contributed by atoms with Crippen LogP contribution in [0, 0.1) is 21.7 Å². The Morgan fingerprint density at radius 1 is 1.24 bits per heavy atom. The molecule has 2 aromatic carbocycles. The average Bonchev–Trinajstić information content (AvgIpc) is 2.43. The molecule has 0 heterocycles. The Hall–Kier alpha value is -1.54. The van der Waals surface area contributed by atoms with Crippen LogP contribution in [0.5, 0.6) is 11.5 Å². The van der Waals surface area contributed by atoms with E-state index in [0.717, 1.165) is 6.07 Å². The number of alkyl halides is 1. The Morgan fingerprint density at radius 3 is 2.57 bits per heavy atom. The lowest BCUT2D eigenvalue weighted by atomic mass is 10.2. The molecule has 0 bridgehead atoms. The van der Waals surface area contributed by atoms with Crippen LogP contribution in [-0.4, -0.2) is 4.92 Å². The summed E-state index contributed by atoms with van der Waals surface area (Å²) in [5, 5.41) is 11.1. The minimum atomic E-state index is -1.13. The zero-order valence-corrected chi connectivity index (χ0v) is 13.4. The number of rotatable bonds is 4. The SMILES string of the molecule is O=[N+]([O-])c1ccc(Oc2cc(Br)cc(F)c2F)cc1CBr. The average molecular weight is 423 g/mol. The number of nitro groups is 1. The number of halogens is 4. The lowest BCUT2D eigenvalue weighted by Crippen LogP contribution is -1.96. The summed E-state index contributed by atoms with van der Waals surface area (Å²) < 4.78 is 32.5. The van der Waals surface area contributed by atoms with Crippen molar-refractivity contribution in [3.8, 4) is 11.5 Å². The van der Waals surface area contributed by atoms with Gasteiger partial charge in [-0.25, -0.2) is 4.39 Å². The highest BCUT2D eigenvalue weighted by Crippen LogP contribution is 2.32. The van der Waals surface area contributed by atoms with E-state index in [1.807, 2.05) is 0 Å². The second-order valence-corrected chi connectivity index (χ2v) is 5.46. The Kier molecular flexibility index (Phi) is 4.89. The van der Waals surface area contributed by atoms with E-state index in [1.165, 1.54) is 24.3 Å². The Balaban J connectivity index is 2.39. The summed E-state index contributed by atoms with van der Waals surface area (Å²) in [6.45, 7) is 0. The molecule has 21 heavy (non-hydrogen) atoms. The molecule has 0 aliphatic rings. The number of nitrogens with zero attached hydrogens (tertiary/aromatic N) is 1. The first kappa shape index (κ1) is 15.8. The van der Waals surface area contributed by atoms with E-state index < -0.39 is 16.6 Å². The number of hydrogen-bond acceptors (Lipinski definition) is 3.